The molecule has 1 fully saturated rings. The predicted molar refractivity (Wildman–Crippen MR) is 133 cm³/mol. The summed E-state index contributed by atoms with van der Waals surface area (Å²) < 4.78 is 5.13. The van der Waals surface area contributed by atoms with E-state index in [9.17, 15) is 15.0 Å². The Morgan fingerprint density at radius 2 is 1.83 bits per heavy atom. The van der Waals surface area contributed by atoms with Crippen LogP contribution in [0, 0.1) is 22.2 Å². The highest BCUT2D eigenvalue weighted by Crippen LogP contribution is 2.36. The molecular weight excluding hydrogens is 444 g/mol. The Balaban J connectivity index is 1.49. The molecular formula is C26H26N6O3. The molecule has 1 aliphatic rings. The lowest BCUT2D eigenvalue weighted by atomic mass is 9.92. The standard InChI is InChI=1S/C26H26N6O3/c1-2-35-26(33)20-12-14-32(15-13-20)25-23(31-34)24(28-17-29-25)30-21-10-8-19(9-11-21)22(16-27)18-6-4-3-5-7-18/h3-11,17,20,22H,2,12-15H2,1H3,(H,28,29,30). The fourth-order valence-electron chi connectivity index (χ4n) is 4.25. The summed E-state index contributed by atoms with van der Waals surface area (Å²) in [5.74, 6) is 0.0287. The average Bonchev–Trinajstić information content (AvgIpc) is 2.91. The van der Waals surface area contributed by atoms with Gasteiger partial charge < -0.3 is 15.0 Å². The van der Waals surface area contributed by atoms with Crippen molar-refractivity contribution < 1.29 is 9.53 Å². The van der Waals surface area contributed by atoms with Crippen LogP contribution in [0.3, 0.4) is 0 Å². The lowest BCUT2D eigenvalue weighted by molar-refractivity contribution is -0.148. The van der Waals surface area contributed by atoms with Gasteiger partial charge in [-0.25, -0.2) is 9.97 Å². The van der Waals surface area contributed by atoms with Gasteiger partial charge in [0, 0.05) is 18.8 Å². The molecule has 35 heavy (non-hydrogen) atoms. The zero-order valence-corrected chi connectivity index (χ0v) is 19.4. The van der Waals surface area contributed by atoms with Gasteiger partial charge in [0.15, 0.2) is 17.3 Å². The Morgan fingerprint density at radius 1 is 1.14 bits per heavy atom. The summed E-state index contributed by atoms with van der Waals surface area (Å²) in [6.45, 7) is 3.28. The molecule has 9 heteroatoms. The molecule has 0 amide bonds. The topological polar surface area (TPSA) is 121 Å². The number of nitriles is 1. The Hall–Kier alpha value is -4.32. The second-order valence-electron chi connectivity index (χ2n) is 8.22. The minimum Gasteiger partial charge on any atom is -0.466 e. The van der Waals surface area contributed by atoms with Gasteiger partial charge in [0.2, 0.25) is 0 Å². The van der Waals surface area contributed by atoms with Crippen LogP contribution >= 0.6 is 0 Å². The van der Waals surface area contributed by atoms with Gasteiger partial charge in [0.25, 0.3) is 0 Å². The Kier molecular flexibility index (Phi) is 7.63. The first-order chi connectivity index (χ1) is 17.1. The van der Waals surface area contributed by atoms with Crippen molar-refractivity contribution in [3.8, 4) is 6.07 Å². The number of benzene rings is 2. The molecule has 0 spiro atoms. The summed E-state index contributed by atoms with van der Waals surface area (Å²) in [7, 11) is 0. The molecule has 4 rings (SSSR count). The summed E-state index contributed by atoms with van der Waals surface area (Å²) in [5.41, 5.74) is 2.61. The molecule has 0 aliphatic carbocycles. The van der Waals surface area contributed by atoms with Gasteiger partial charge in [-0.15, -0.1) is 4.91 Å². The smallest absolute Gasteiger partial charge is 0.309 e. The zero-order valence-electron chi connectivity index (χ0n) is 19.4. The third-order valence-corrected chi connectivity index (χ3v) is 6.08. The number of nitroso groups, excluding NO2 is 1. The molecule has 1 atom stereocenters. The zero-order chi connectivity index (χ0) is 24.6. The molecule has 1 unspecified atom stereocenters. The van der Waals surface area contributed by atoms with Gasteiger partial charge in [0.1, 0.15) is 6.33 Å². The number of ether oxygens (including phenoxy) is 1. The van der Waals surface area contributed by atoms with Crippen molar-refractivity contribution in [2.24, 2.45) is 11.1 Å². The second kappa shape index (κ2) is 11.2. The summed E-state index contributed by atoms with van der Waals surface area (Å²) >= 11 is 0. The van der Waals surface area contributed by atoms with Crippen LogP contribution in [0.4, 0.5) is 23.0 Å². The van der Waals surface area contributed by atoms with Gasteiger partial charge in [-0.2, -0.15) is 5.26 Å². The van der Waals surface area contributed by atoms with E-state index in [-0.39, 0.29) is 23.5 Å². The van der Waals surface area contributed by atoms with E-state index in [1.54, 1.807) is 6.92 Å². The van der Waals surface area contributed by atoms with E-state index in [0.717, 1.165) is 11.1 Å². The molecule has 1 saturated heterocycles. The van der Waals surface area contributed by atoms with E-state index in [1.807, 2.05) is 59.5 Å². The van der Waals surface area contributed by atoms with Crippen LogP contribution in [-0.2, 0) is 9.53 Å². The van der Waals surface area contributed by atoms with Crippen LogP contribution in [0.2, 0.25) is 0 Å². The van der Waals surface area contributed by atoms with Crippen LogP contribution in [0.25, 0.3) is 0 Å². The minimum atomic E-state index is -0.374. The first-order valence-electron chi connectivity index (χ1n) is 11.6. The van der Waals surface area contributed by atoms with Crippen molar-refractivity contribution in [2.45, 2.75) is 25.7 Å². The molecule has 3 aromatic rings. The van der Waals surface area contributed by atoms with Gasteiger partial charge >= 0.3 is 5.97 Å². The second-order valence-corrected chi connectivity index (χ2v) is 8.22. The summed E-state index contributed by atoms with van der Waals surface area (Å²) in [6.07, 6.45) is 2.62. The molecule has 0 bridgehead atoms. The monoisotopic (exact) mass is 470 g/mol. The average molecular weight is 471 g/mol. The number of anilines is 3. The molecule has 1 N–H and O–H groups in total. The van der Waals surface area contributed by atoms with Crippen LogP contribution in [0.15, 0.2) is 66.1 Å². The fraction of sp³-hybridized carbons (Fsp3) is 0.308. The highest BCUT2D eigenvalue weighted by atomic mass is 16.5. The molecule has 0 radical (unpaired) electrons. The Morgan fingerprint density at radius 3 is 2.46 bits per heavy atom. The third-order valence-electron chi connectivity index (χ3n) is 6.08. The van der Waals surface area contributed by atoms with E-state index in [2.05, 4.69) is 26.5 Å². The maximum absolute atomic E-state index is 12.0. The molecule has 0 saturated carbocycles. The first-order valence-corrected chi connectivity index (χ1v) is 11.6. The van der Waals surface area contributed by atoms with Crippen molar-refractivity contribution in [2.75, 3.05) is 29.9 Å². The van der Waals surface area contributed by atoms with Crippen molar-refractivity contribution in [3.63, 3.8) is 0 Å². The molecule has 1 aliphatic heterocycles. The number of carbonyl (C=O) groups is 1. The van der Waals surface area contributed by atoms with Crippen LogP contribution in [0.1, 0.15) is 36.8 Å². The SMILES string of the molecule is CCOC(=O)C1CCN(c2ncnc(Nc3ccc(C(C#N)c4ccccc4)cc3)c2N=O)CC1. The largest absolute Gasteiger partial charge is 0.466 e. The Labute approximate surface area is 203 Å². The molecule has 1 aromatic heterocycles. The number of nitrogens with one attached hydrogen (secondary N) is 1. The number of hydrogen-bond acceptors (Lipinski definition) is 9. The van der Waals surface area contributed by atoms with Crippen LogP contribution in [-0.4, -0.2) is 35.6 Å². The Bertz CT molecular complexity index is 1200. The van der Waals surface area contributed by atoms with E-state index in [0.29, 0.717) is 49.9 Å². The number of rotatable bonds is 8. The normalized spacial score (nSPS) is 14.6. The number of piperidine rings is 1. The van der Waals surface area contributed by atoms with Crippen molar-refractivity contribution in [3.05, 3.63) is 77.0 Å². The van der Waals surface area contributed by atoms with Crippen LogP contribution in [0.5, 0.6) is 0 Å². The highest BCUT2D eigenvalue weighted by Gasteiger charge is 2.28. The fourth-order valence-corrected chi connectivity index (χ4v) is 4.25. The van der Waals surface area contributed by atoms with E-state index in [1.165, 1.54) is 6.33 Å². The maximum atomic E-state index is 12.0. The van der Waals surface area contributed by atoms with Crippen molar-refractivity contribution >= 4 is 29.0 Å². The van der Waals surface area contributed by atoms with Gasteiger partial charge in [0.05, 0.1) is 24.5 Å². The molecule has 2 aromatic carbocycles. The van der Waals surface area contributed by atoms with E-state index >= 15 is 0 Å². The number of hydrogen-bond donors (Lipinski definition) is 1. The number of esters is 1. The summed E-state index contributed by atoms with van der Waals surface area (Å²) in [4.78, 5) is 34.3. The van der Waals surface area contributed by atoms with E-state index < -0.39 is 0 Å². The first kappa shape index (κ1) is 23.8. The minimum absolute atomic E-state index is 0.116. The van der Waals surface area contributed by atoms with Crippen LogP contribution < -0.4 is 10.2 Å². The number of nitrogens with zero attached hydrogens (tertiary/aromatic N) is 5. The van der Waals surface area contributed by atoms with Crippen molar-refractivity contribution in [1.29, 1.82) is 5.26 Å². The van der Waals surface area contributed by atoms with Gasteiger partial charge in [-0.1, -0.05) is 42.5 Å². The molecule has 9 nitrogen and oxygen atoms in total. The number of aromatic nitrogens is 2. The maximum Gasteiger partial charge on any atom is 0.309 e. The quantitative estimate of drug-likeness (QED) is 0.358. The lowest BCUT2D eigenvalue weighted by Gasteiger charge is -2.32. The lowest BCUT2D eigenvalue weighted by Crippen LogP contribution is -2.37. The van der Waals surface area contributed by atoms with Gasteiger partial charge in [-0.05, 0) is 48.2 Å². The predicted octanol–water partition coefficient (Wildman–Crippen LogP) is 5.05. The van der Waals surface area contributed by atoms with Gasteiger partial charge in [-0.3, -0.25) is 4.79 Å². The molecule has 178 valence electrons. The number of carbonyl (C=O) groups excluding carboxylic acids is 1. The summed E-state index contributed by atoms with van der Waals surface area (Å²) in [5, 5.41) is 16.0. The summed E-state index contributed by atoms with van der Waals surface area (Å²) in [6, 6.07) is 19.4. The van der Waals surface area contributed by atoms with E-state index in [4.69, 9.17) is 4.74 Å². The molecule has 2 heterocycles. The highest BCUT2D eigenvalue weighted by molar-refractivity contribution is 5.78. The third kappa shape index (κ3) is 5.44. The van der Waals surface area contributed by atoms with Crippen molar-refractivity contribution in [1.82, 2.24) is 9.97 Å².